The number of carbonyl (C=O) groups is 1. The van der Waals surface area contributed by atoms with Crippen molar-refractivity contribution in [2.24, 2.45) is 0 Å². The standard InChI is InChI=1S/C11H15ClN2O4S/c1-2-18-11(15)5-6-14-19(16,17)10-7-8(12)3-4-9(10)13/h3-4,7,14H,2,5-6,13H2,1H3. The highest BCUT2D eigenvalue weighted by Crippen LogP contribution is 2.22. The lowest BCUT2D eigenvalue weighted by atomic mass is 10.3. The second kappa shape index (κ2) is 6.74. The third kappa shape index (κ3) is 4.70. The van der Waals surface area contributed by atoms with Crippen molar-refractivity contribution in [1.82, 2.24) is 4.72 Å². The number of carbonyl (C=O) groups excluding carboxylic acids is 1. The summed E-state index contributed by atoms with van der Waals surface area (Å²) in [5.74, 6) is -0.468. The number of hydrogen-bond acceptors (Lipinski definition) is 5. The van der Waals surface area contributed by atoms with Gasteiger partial charge in [0.25, 0.3) is 0 Å². The number of sulfonamides is 1. The van der Waals surface area contributed by atoms with Gasteiger partial charge in [0.15, 0.2) is 0 Å². The molecule has 19 heavy (non-hydrogen) atoms. The van der Waals surface area contributed by atoms with E-state index in [1.54, 1.807) is 6.92 Å². The SMILES string of the molecule is CCOC(=O)CCNS(=O)(=O)c1cc(Cl)ccc1N. The molecule has 8 heteroatoms. The molecule has 0 atom stereocenters. The largest absolute Gasteiger partial charge is 0.466 e. The van der Waals surface area contributed by atoms with Crippen LogP contribution in [0.2, 0.25) is 5.02 Å². The highest BCUT2D eigenvalue weighted by Gasteiger charge is 2.18. The van der Waals surface area contributed by atoms with Crippen LogP contribution in [0.4, 0.5) is 5.69 Å². The Labute approximate surface area is 116 Å². The molecule has 0 heterocycles. The average Bonchev–Trinajstić information content (AvgIpc) is 2.32. The molecule has 0 aliphatic heterocycles. The lowest BCUT2D eigenvalue weighted by Gasteiger charge is -2.09. The summed E-state index contributed by atoms with van der Waals surface area (Å²) in [6.45, 7) is 1.87. The maximum atomic E-state index is 11.9. The molecule has 0 aliphatic rings. The zero-order valence-corrected chi connectivity index (χ0v) is 11.9. The van der Waals surface area contributed by atoms with Crippen molar-refractivity contribution in [3.63, 3.8) is 0 Å². The first kappa shape index (κ1) is 15.7. The number of nitrogens with one attached hydrogen (secondary N) is 1. The monoisotopic (exact) mass is 306 g/mol. The molecule has 0 saturated heterocycles. The lowest BCUT2D eigenvalue weighted by Crippen LogP contribution is -2.27. The number of rotatable bonds is 6. The van der Waals surface area contributed by atoms with Gasteiger partial charge in [-0.3, -0.25) is 4.79 Å². The predicted molar refractivity (Wildman–Crippen MR) is 72.3 cm³/mol. The molecule has 0 spiro atoms. The summed E-state index contributed by atoms with van der Waals surface area (Å²) in [6, 6.07) is 4.15. The molecule has 0 aliphatic carbocycles. The molecule has 1 rings (SSSR count). The normalized spacial score (nSPS) is 11.3. The predicted octanol–water partition coefficient (Wildman–Crippen LogP) is 1.15. The molecule has 3 N–H and O–H groups in total. The van der Waals surface area contributed by atoms with Crippen molar-refractivity contribution < 1.29 is 17.9 Å². The van der Waals surface area contributed by atoms with Crippen LogP contribution in [0.5, 0.6) is 0 Å². The second-order valence-electron chi connectivity index (χ2n) is 3.63. The van der Waals surface area contributed by atoms with Gasteiger partial charge in [0.05, 0.1) is 18.7 Å². The molecular formula is C11H15ClN2O4S. The smallest absolute Gasteiger partial charge is 0.307 e. The number of nitrogen functional groups attached to an aromatic ring is 1. The summed E-state index contributed by atoms with van der Waals surface area (Å²) < 4.78 is 30.8. The average molecular weight is 307 g/mol. The number of halogens is 1. The summed E-state index contributed by atoms with van der Waals surface area (Å²) >= 11 is 5.73. The van der Waals surface area contributed by atoms with Gasteiger partial charge < -0.3 is 10.5 Å². The van der Waals surface area contributed by atoms with Gasteiger partial charge in [0.2, 0.25) is 10.0 Å². The number of esters is 1. The third-order valence-corrected chi connectivity index (χ3v) is 3.94. The summed E-state index contributed by atoms with van der Waals surface area (Å²) in [5, 5.41) is 0.264. The highest BCUT2D eigenvalue weighted by atomic mass is 35.5. The lowest BCUT2D eigenvalue weighted by molar-refractivity contribution is -0.142. The van der Waals surface area contributed by atoms with Crippen molar-refractivity contribution in [2.75, 3.05) is 18.9 Å². The van der Waals surface area contributed by atoms with E-state index in [1.165, 1.54) is 18.2 Å². The molecule has 0 aromatic heterocycles. The fraction of sp³-hybridized carbons (Fsp3) is 0.364. The van der Waals surface area contributed by atoms with Crippen LogP contribution in [0.3, 0.4) is 0 Å². The minimum atomic E-state index is -3.79. The maximum Gasteiger partial charge on any atom is 0.307 e. The van der Waals surface area contributed by atoms with E-state index in [0.717, 1.165) is 0 Å². The maximum absolute atomic E-state index is 11.9. The van der Waals surface area contributed by atoms with Crippen molar-refractivity contribution in [1.29, 1.82) is 0 Å². The van der Waals surface area contributed by atoms with Crippen molar-refractivity contribution >= 4 is 33.3 Å². The molecule has 1 aromatic rings. The van der Waals surface area contributed by atoms with Crippen molar-refractivity contribution in [2.45, 2.75) is 18.2 Å². The van der Waals surface area contributed by atoms with E-state index >= 15 is 0 Å². The highest BCUT2D eigenvalue weighted by molar-refractivity contribution is 7.89. The number of benzene rings is 1. The van der Waals surface area contributed by atoms with Crippen LogP contribution in [0.25, 0.3) is 0 Å². The van der Waals surface area contributed by atoms with E-state index in [2.05, 4.69) is 9.46 Å². The van der Waals surface area contributed by atoms with Crippen molar-refractivity contribution in [3.05, 3.63) is 23.2 Å². The Bertz CT molecular complexity index is 560. The van der Waals surface area contributed by atoms with Crippen LogP contribution in [-0.2, 0) is 19.6 Å². The summed E-state index contributed by atoms with van der Waals surface area (Å²) in [5.41, 5.74) is 5.68. The Kier molecular flexibility index (Phi) is 5.59. The first-order valence-corrected chi connectivity index (χ1v) is 7.43. The summed E-state index contributed by atoms with van der Waals surface area (Å²) in [6.07, 6.45) is -0.0481. The van der Waals surface area contributed by atoms with Gasteiger partial charge in [-0.05, 0) is 25.1 Å². The quantitative estimate of drug-likeness (QED) is 0.607. The van der Waals surface area contributed by atoms with Crippen LogP contribution in [0.1, 0.15) is 13.3 Å². The minimum Gasteiger partial charge on any atom is -0.466 e. The zero-order chi connectivity index (χ0) is 14.5. The van der Waals surface area contributed by atoms with Crippen LogP contribution in [0.15, 0.2) is 23.1 Å². The Morgan fingerprint density at radius 3 is 2.79 bits per heavy atom. The summed E-state index contributed by atoms with van der Waals surface area (Å²) in [7, 11) is -3.79. The van der Waals surface area contributed by atoms with E-state index in [9.17, 15) is 13.2 Å². The van der Waals surface area contributed by atoms with Gasteiger partial charge in [-0.2, -0.15) is 0 Å². The van der Waals surface area contributed by atoms with E-state index in [-0.39, 0.29) is 35.2 Å². The summed E-state index contributed by atoms with van der Waals surface area (Å²) in [4.78, 5) is 11.0. The van der Waals surface area contributed by atoms with E-state index in [1.807, 2.05) is 0 Å². The molecule has 0 bridgehead atoms. The van der Waals surface area contributed by atoms with E-state index in [4.69, 9.17) is 17.3 Å². The number of nitrogens with two attached hydrogens (primary N) is 1. The van der Waals surface area contributed by atoms with Gasteiger partial charge in [-0.25, -0.2) is 13.1 Å². The molecule has 0 amide bonds. The van der Waals surface area contributed by atoms with E-state index < -0.39 is 16.0 Å². The molecule has 1 aromatic carbocycles. The molecule has 6 nitrogen and oxygen atoms in total. The number of hydrogen-bond donors (Lipinski definition) is 2. The third-order valence-electron chi connectivity index (χ3n) is 2.19. The van der Waals surface area contributed by atoms with Gasteiger partial charge in [0.1, 0.15) is 4.90 Å². The van der Waals surface area contributed by atoms with Crippen LogP contribution in [0, 0.1) is 0 Å². The Hall–Kier alpha value is -1.31. The first-order valence-electron chi connectivity index (χ1n) is 5.57. The fourth-order valence-corrected chi connectivity index (χ4v) is 2.76. The van der Waals surface area contributed by atoms with Gasteiger partial charge >= 0.3 is 5.97 Å². The topological polar surface area (TPSA) is 98.5 Å². The van der Waals surface area contributed by atoms with Gasteiger partial charge in [0, 0.05) is 11.6 Å². The van der Waals surface area contributed by atoms with Crippen LogP contribution >= 0.6 is 11.6 Å². The fourth-order valence-electron chi connectivity index (χ4n) is 1.34. The van der Waals surface area contributed by atoms with Gasteiger partial charge in [-0.1, -0.05) is 11.6 Å². The number of anilines is 1. The number of ether oxygens (including phenoxy) is 1. The molecule has 0 unspecified atom stereocenters. The van der Waals surface area contributed by atoms with Crippen LogP contribution < -0.4 is 10.5 Å². The Balaban J connectivity index is 2.71. The Morgan fingerprint density at radius 1 is 1.47 bits per heavy atom. The Morgan fingerprint density at radius 2 is 2.16 bits per heavy atom. The zero-order valence-electron chi connectivity index (χ0n) is 10.3. The van der Waals surface area contributed by atoms with E-state index in [0.29, 0.717) is 0 Å². The van der Waals surface area contributed by atoms with Crippen molar-refractivity contribution in [3.8, 4) is 0 Å². The molecule has 0 fully saturated rings. The first-order chi connectivity index (χ1) is 8.86. The minimum absolute atomic E-state index is 0.0481. The van der Waals surface area contributed by atoms with Crippen LogP contribution in [-0.4, -0.2) is 27.5 Å². The second-order valence-corrected chi connectivity index (χ2v) is 5.81. The molecule has 0 saturated carbocycles. The molecular weight excluding hydrogens is 292 g/mol. The van der Waals surface area contributed by atoms with Gasteiger partial charge in [-0.15, -0.1) is 0 Å². The molecule has 0 radical (unpaired) electrons. The molecule has 106 valence electrons.